The molecule has 1 nitrogen and oxygen atoms in total. The Bertz CT molecular complexity index is 320. The van der Waals surface area contributed by atoms with E-state index in [0.29, 0.717) is 4.75 Å². The number of nitrogens with one attached hydrogen (secondary N) is 1. The van der Waals surface area contributed by atoms with Crippen LogP contribution in [0, 0.1) is 6.92 Å². The van der Waals surface area contributed by atoms with E-state index in [2.05, 4.69) is 57.3 Å². The van der Waals surface area contributed by atoms with E-state index in [1.165, 1.54) is 16.9 Å². The van der Waals surface area contributed by atoms with Gasteiger partial charge in [-0.05, 0) is 18.1 Å². The first kappa shape index (κ1) is 16.8. The van der Waals surface area contributed by atoms with Gasteiger partial charge in [0, 0.05) is 23.6 Å². The fraction of sp³-hybridized carbons (Fsp3) is 0.571. The summed E-state index contributed by atoms with van der Waals surface area (Å²) in [6.07, 6.45) is 0. The van der Waals surface area contributed by atoms with Gasteiger partial charge in [0.1, 0.15) is 0 Å². The summed E-state index contributed by atoms with van der Waals surface area (Å²) in [5.74, 6) is 1.18. The Balaban J connectivity index is 0.00000256. The number of rotatable bonds is 5. The molecule has 0 heterocycles. The van der Waals surface area contributed by atoms with Crippen molar-refractivity contribution < 1.29 is 0 Å². The van der Waals surface area contributed by atoms with Crippen LogP contribution in [0.15, 0.2) is 24.3 Å². The molecule has 0 aliphatic rings. The van der Waals surface area contributed by atoms with Gasteiger partial charge in [-0.2, -0.15) is 11.8 Å². The molecule has 3 heteroatoms. The highest BCUT2D eigenvalue weighted by molar-refractivity contribution is 8.00. The average molecular weight is 274 g/mol. The Hall–Kier alpha value is -0.180. The molecule has 0 saturated heterocycles. The van der Waals surface area contributed by atoms with E-state index < -0.39 is 0 Å². The molecule has 98 valence electrons. The average Bonchev–Trinajstić information content (AvgIpc) is 2.18. The van der Waals surface area contributed by atoms with Crippen molar-refractivity contribution in [3.63, 3.8) is 0 Å². The normalized spacial score (nSPS) is 11.1. The van der Waals surface area contributed by atoms with Gasteiger partial charge in [-0.3, -0.25) is 0 Å². The third-order valence-corrected chi connectivity index (χ3v) is 3.66. The van der Waals surface area contributed by atoms with Crippen molar-refractivity contribution in [1.29, 1.82) is 0 Å². The molecule has 1 aromatic carbocycles. The lowest BCUT2D eigenvalue weighted by Gasteiger charge is -2.17. The fourth-order valence-electron chi connectivity index (χ4n) is 1.46. The van der Waals surface area contributed by atoms with Crippen molar-refractivity contribution in [2.75, 3.05) is 12.3 Å². The molecule has 0 atom stereocenters. The van der Waals surface area contributed by atoms with Crippen LogP contribution in [0.4, 0.5) is 0 Å². The van der Waals surface area contributed by atoms with Crippen LogP contribution in [-0.4, -0.2) is 17.0 Å². The zero-order valence-corrected chi connectivity index (χ0v) is 12.9. The topological polar surface area (TPSA) is 12.0 Å². The van der Waals surface area contributed by atoms with Crippen LogP contribution in [0.5, 0.6) is 0 Å². The monoisotopic (exact) mass is 273 g/mol. The van der Waals surface area contributed by atoms with Crippen molar-refractivity contribution in [2.45, 2.75) is 39.0 Å². The van der Waals surface area contributed by atoms with Crippen molar-refractivity contribution >= 4 is 24.2 Å². The van der Waals surface area contributed by atoms with Gasteiger partial charge in [0.25, 0.3) is 0 Å². The molecule has 0 radical (unpaired) electrons. The number of thioether (sulfide) groups is 1. The van der Waals surface area contributed by atoms with Gasteiger partial charge in [-0.25, -0.2) is 0 Å². The summed E-state index contributed by atoms with van der Waals surface area (Å²) >= 11 is 2.01. The second-order valence-corrected chi connectivity index (χ2v) is 6.99. The fourth-order valence-corrected chi connectivity index (χ4v) is 2.32. The highest BCUT2D eigenvalue weighted by Gasteiger charge is 2.09. The maximum absolute atomic E-state index is 3.49. The predicted octanol–water partition coefficient (Wildman–Crippen LogP) is 4.04. The molecule has 17 heavy (non-hydrogen) atoms. The Morgan fingerprint density at radius 2 is 1.82 bits per heavy atom. The third-order valence-electron chi connectivity index (χ3n) is 2.39. The van der Waals surface area contributed by atoms with Gasteiger partial charge in [-0.15, -0.1) is 12.4 Å². The van der Waals surface area contributed by atoms with Crippen LogP contribution in [-0.2, 0) is 6.54 Å². The number of aryl methyl sites for hydroxylation is 1. The van der Waals surface area contributed by atoms with Gasteiger partial charge in [0.2, 0.25) is 0 Å². The van der Waals surface area contributed by atoms with Crippen molar-refractivity contribution in [2.24, 2.45) is 0 Å². The maximum atomic E-state index is 3.49. The Labute approximate surface area is 116 Å². The molecule has 1 aromatic rings. The number of hydrogen-bond donors (Lipinski definition) is 1. The Morgan fingerprint density at radius 3 is 2.41 bits per heavy atom. The highest BCUT2D eigenvalue weighted by atomic mass is 35.5. The largest absolute Gasteiger partial charge is 0.312 e. The predicted molar refractivity (Wildman–Crippen MR) is 82.3 cm³/mol. The van der Waals surface area contributed by atoms with Crippen LogP contribution in [0.25, 0.3) is 0 Å². The molecule has 0 fully saturated rings. The Morgan fingerprint density at radius 1 is 1.18 bits per heavy atom. The minimum absolute atomic E-state index is 0. The molecule has 0 spiro atoms. The number of hydrogen-bond acceptors (Lipinski definition) is 2. The van der Waals surface area contributed by atoms with Gasteiger partial charge in [-0.1, -0.05) is 45.0 Å². The quantitative estimate of drug-likeness (QED) is 0.813. The second kappa shape index (κ2) is 8.02. The van der Waals surface area contributed by atoms with Gasteiger partial charge in [0.15, 0.2) is 0 Å². The molecule has 0 bridgehead atoms. The molecule has 0 unspecified atom stereocenters. The smallest absolute Gasteiger partial charge is 0.0208 e. The van der Waals surface area contributed by atoms with Gasteiger partial charge >= 0.3 is 0 Å². The first-order chi connectivity index (χ1) is 7.49. The first-order valence-electron chi connectivity index (χ1n) is 5.88. The van der Waals surface area contributed by atoms with E-state index in [4.69, 9.17) is 0 Å². The highest BCUT2D eigenvalue weighted by Crippen LogP contribution is 2.22. The van der Waals surface area contributed by atoms with Crippen molar-refractivity contribution in [1.82, 2.24) is 5.32 Å². The van der Waals surface area contributed by atoms with Gasteiger partial charge in [0.05, 0.1) is 0 Å². The molecule has 0 aliphatic carbocycles. The SMILES string of the molecule is Cc1ccccc1CNCCSC(C)(C)C.Cl. The van der Waals surface area contributed by atoms with Crippen LogP contribution in [0.1, 0.15) is 31.9 Å². The summed E-state index contributed by atoms with van der Waals surface area (Å²) in [4.78, 5) is 0. The molecular formula is C14H24ClNS. The maximum Gasteiger partial charge on any atom is 0.0208 e. The van der Waals surface area contributed by atoms with E-state index in [9.17, 15) is 0 Å². The second-order valence-electron chi connectivity index (χ2n) is 5.06. The third kappa shape index (κ3) is 7.69. The molecule has 0 aromatic heterocycles. The summed E-state index contributed by atoms with van der Waals surface area (Å²) in [6, 6.07) is 8.56. The van der Waals surface area contributed by atoms with Crippen LogP contribution in [0.2, 0.25) is 0 Å². The first-order valence-corrected chi connectivity index (χ1v) is 6.87. The van der Waals surface area contributed by atoms with Crippen molar-refractivity contribution in [3.05, 3.63) is 35.4 Å². The molecule has 0 amide bonds. The number of halogens is 1. The van der Waals surface area contributed by atoms with E-state index >= 15 is 0 Å². The lowest BCUT2D eigenvalue weighted by atomic mass is 10.1. The van der Waals surface area contributed by atoms with Crippen LogP contribution >= 0.6 is 24.2 Å². The molecule has 1 rings (SSSR count). The van der Waals surface area contributed by atoms with Gasteiger partial charge < -0.3 is 5.32 Å². The van der Waals surface area contributed by atoms with E-state index in [1.807, 2.05) is 11.8 Å². The van der Waals surface area contributed by atoms with E-state index in [0.717, 1.165) is 13.1 Å². The lowest BCUT2D eigenvalue weighted by Crippen LogP contribution is -2.19. The van der Waals surface area contributed by atoms with Crippen molar-refractivity contribution in [3.8, 4) is 0 Å². The summed E-state index contributed by atoms with van der Waals surface area (Å²) in [5.41, 5.74) is 2.78. The van der Waals surface area contributed by atoms with Crippen LogP contribution < -0.4 is 5.32 Å². The summed E-state index contributed by atoms with van der Waals surface area (Å²) in [6.45, 7) is 11.0. The molecule has 0 aliphatic heterocycles. The molecule has 0 saturated carbocycles. The molecular weight excluding hydrogens is 250 g/mol. The summed E-state index contributed by atoms with van der Waals surface area (Å²) in [5, 5.41) is 3.49. The minimum Gasteiger partial charge on any atom is -0.312 e. The lowest BCUT2D eigenvalue weighted by molar-refractivity contribution is 0.723. The van der Waals surface area contributed by atoms with E-state index in [1.54, 1.807) is 0 Å². The summed E-state index contributed by atoms with van der Waals surface area (Å²) in [7, 11) is 0. The zero-order valence-electron chi connectivity index (χ0n) is 11.2. The standard InChI is InChI=1S/C14H23NS.ClH/c1-12-7-5-6-8-13(12)11-15-9-10-16-14(2,3)4;/h5-8,15H,9-11H2,1-4H3;1H. The zero-order chi connectivity index (χ0) is 12.0. The Kier molecular flexibility index (Phi) is 7.93. The summed E-state index contributed by atoms with van der Waals surface area (Å²) < 4.78 is 0.379. The van der Waals surface area contributed by atoms with Crippen LogP contribution in [0.3, 0.4) is 0 Å². The molecule has 1 N–H and O–H groups in total. The van der Waals surface area contributed by atoms with E-state index in [-0.39, 0.29) is 12.4 Å². The number of benzene rings is 1. The minimum atomic E-state index is 0.